The van der Waals surface area contributed by atoms with Gasteiger partial charge in [-0.1, -0.05) is 41.4 Å². The lowest BCUT2D eigenvalue weighted by atomic mass is 9.96. The van der Waals surface area contributed by atoms with Crippen molar-refractivity contribution in [2.24, 2.45) is 16.1 Å². The molecule has 0 spiro atoms. The van der Waals surface area contributed by atoms with Crippen molar-refractivity contribution in [3.63, 3.8) is 0 Å². The highest BCUT2D eigenvalue weighted by Crippen LogP contribution is 2.29. The van der Waals surface area contributed by atoms with E-state index in [4.69, 9.17) is 33.7 Å². The molecule has 2 aromatic carbocycles. The number of hydrogen-bond acceptors (Lipinski definition) is 4. The number of rotatable bonds is 4. The number of halogens is 2. The van der Waals surface area contributed by atoms with Gasteiger partial charge in [0.25, 0.3) is 0 Å². The molecule has 108 valence electrons. The fourth-order valence-electron chi connectivity index (χ4n) is 1.82. The Balaban J connectivity index is 2.35. The van der Waals surface area contributed by atoms with E-state index in [9.17, 15) is 0 Å². The average Bonchev–Trinajstić information content (AvgIpc) is 2.52. The Bertz CT molecular complexity index is 743. The van der Waals surface area contributed by atoms with Crippen LogP contribution in [0.15, 0.2) is 58.8 Å². The third kappa shape index (κ3) is 4.05. The summed E-state index contributed by atoms with van der Waals surface area (Å²) in [4.78, 5) is 0. The van der Waals surface area contributed by atoms with Gasteiger partial charge in [0.15, 0.2) is 5.92 Å². The van der Waals surface area contributed by atoms with Crippen LogP contribution < -0.4 is 0 Å². The second-order valence-corrected chi connectivity index (χ2v) is 5.30. The first kappa shape index (κ1) is 16.0. The lowest BCUT2D eigenvalue weighted by Gasteiger charge is -2.12. The number of nitriles is 2. The van der Waals surface area contributed by atoms with Gasteiger partial charge in [0.2, 0.25) is 0 Å². The Labute approximate surface area is 138 Å². The molecule has 0 aromatic heterocycles. The maximum atomic E-state index is 9.13. The minimum atomic E-state index is -0.941. The number of hydrogen-bond donors (Lipinski definition) is 0. The quantitative estimate of drug-likeness (QED) is 0.697. The topological polar surface area (TPSA) is 72.3 Å². The molecule has 0 radical (unpaired) electrons. The van der Waals surface area contributed by atoms with Crippen molar-refractivity contribution >= 4 is 28.9 Å². The Morgan fingerprint density at radius 1 is 0.909 bits per heavy atom. The minimum absolute atomic E-state index is 0.539. The molecule has 0 aliphatic carbocycles. The highest BCUT2D eigenvalue weighted by atomic mass is 35.5. The summed E-state index contributed by atoms with van der Waals surface area (Å²) >= 11 is 11.7. The molecular formula is C16H10Cl2N4. The molecule has 0 bridgehead atoms. The first-order chi connectivity index (χ1) is 10.6. The van der Waals surface area contributed by atoms with Crippen LogP contribution in [0.2, 0.25) is 10.0 Å². The summed E-state index contributed by atoms with van der Waals surface area (Å²) in [6.07, 6.45) is 0. The molecule has 0 amide bonds. The number of benzene rings is 2. The maximum Gasteiger partial charge on any atom is 0.161 e. The van der Waals surface area contributed by atoms with Gasteiger partial charge in [-0.3, -0.25) is 0 Å². The lowest BCUT2D eigenvalue weighted by Crippen LogP contribution is -2.06. The Hall–Kier alpha value is -2.40. The molecule has 2 rings (SSSR count). The van der Waals surface area contributed by atoms with Crippen LogP contribution in [0.4, 0.5) is 5.69 Å². The third-order valence-corrected chi connectivity index (χ3v) is 3.40. The molecular weight excluding hydrogens is 319 g/mol. The molecule has 1 unspecified atom stereocenters. The SMILES string of the molecule is N#CC(C#N)C(N=Nc1cccc(Cl)c1)c1ccc(Cl)cc1. The summed E-state index contributed by atoms with van der Waals surface area (Å²) in [5.74, 6) is -0.941. The van der Waals surface area contributed by atoms with Gasteiger partial charge in [0.05, 0.1) is 17.8 Å². The highest BCUT2D eigenvalue weighted by molar-refractivity contribution is 6.31. The van der Waals surface area contributed by atoms with Gasteiger partial charge < -0.3 is 0 Å². The van der Waals surface area contributed by atoms with Crippen LogP contribution in [-0.4, -0.2) is 0 Å². The summed E-state index contributed by atoms with van der Waals surface area (Å²) in [6, 6.07) is 16.9. The zero-order valence-corrected chi connectivity index (χ0v) is 12.8. The second-order valence-electron chi connectivity index (χ2n) is 4.43. The summed E-state index contributed by atoms with van der Waals surface area (Å²) in [6.45, 7) is 0. The fraction of sp³-hybridized carbons (Fsp3) is 0.125. The van der Waals surface area contributed by atoms with E-state index in [-0.39, 0.29) is 0 Å². The standard InChI is InChI=1S/C16H10Cl2N4/c17-13-6-4-11(5-7-13)16(12(9-19)10-20)22-21-15-3-1-2-14(18)8-15/h1-8,12,16H. The minimum Gasteiger partial charge on any atom is -0.197 e. The van der Waals surface area contributed by atoms with Crippen LogP contribution >= 0.6 is 23.2 Å². The van der Waals surface area contributed by atoms with Crippen LogP contribution in [0, 0.1) is 28.6 Å². The summed E-state index contributed by atoms with van der Waals surface area (Å²) < 4.78 is 0. The van der Waals surface area contributed by atoms with Crippen molar-refractivity contribution in [3.05, 3.63) is 64.1 Å². The summed E-state index contributed by atoms with van der Waals surface area (Å²) in [5, 5.41) is 27.6. The average molecular weight is 329 g/mol. The van der Waals surface area contributed by atoms with Gasteiger partial charge in [-0.25, -0.2) is 0 Å². The van der Waals surface area contributed by atoms with E-state index in [0.717, 1.165) is 0 Å². The van der Waals surface area contributed by atoms with Crippen LogP contribution in [0.5, 0.6) is 0 Å². The van der Waals surface area contributed by atoms with Crippen LogP contribution in [0.25, 0.3) is 0 Å². The molecule has 2 aromatic rings. The van der Waals surface area contributed by atoms with Crippen molar-refractivity contribution in [2.75, 3.05) is 0 Å². The third-order valence-electron chi connectivity index (χ3n) is 2.91. The van der Waals surface area contributed by atoms with Crippen molar-refractivity contribution in [1.29, 1.82) is 10.5 Å². The molecule has 22 heavy (non-hydrogen) atoms. The Morgan fingerprint density at radius 2 is 1.59 bits per heavy atom. The molecule has 6 heteroatoms. The highest BCUT2D eigenvalue weighted by Gasteiger charge is 2.22. The van der Waals surface area contributed by atoms with Gasteiger partial charge in [-0.15, -0.1) is 0 Å². The van der Waals surface area contributed by atoms with Crippen LogP contribution in [0.3, 0.4) is 0 Å². The predicted molar refractivity (Wildman–Crippen MR) is 84.9 cm³/mol. The van der Waals surface area contributed by atoms with Crippen molar-refractivity contribution in [1.82, 2.24) is 0 Å². The van der Waals surface area contributed by atoms with E-state index in [0.29, 0.717) is 21.3 Å². The van der Waals surface area contributed by atoms with Gasteiger partial charge in [0.1, 0.15) is 6.04 Å². The van der Waals surface area contributed by atoms with E-state index in [1.807, 2.05) is 12.1 Å². The predicted octanol–water partition coefficient (Wildman–Crippen LogP) is 5.48. The molecule has 0 saturated heterocycles. The van der Waals surface area contributed by atoms with Gasteiger partial charge >= 0.3 is 0 Å². The van der Waals surface area contributed by atoms with E-state index in [2.05, 4.69) is 10.2 Å². The van der Waals surface area contributed by atoms with E-state index < -0.39 is 12.0 Å². The fourth-order valence-corrected chi connectivity index (χ4v) is 2.13. The number of azo groups is 1. The zero-order valence-electron chi connectivity index (χ0n) is 11.3. The first-order valence-electron chi connectivity index (χ1n) is 6.35. The van der Waals surface area contributed by atoms with Gasteiger partial charge in [0, 0.05) is 10.0 Å². The molecule has 0 fully saturated rings. The molecule has 0 saturated carbocycles. The largest absolute Gasteiger partial charge is 0.197 e. The summed E-state index contributed by atoms with van der Waals surface area (Å²) in [7, 11) is 0. The second kappa shape index (κ2) is 7.56. The van der Waals surface area contributed by atoms with E-state index >= 15 is 0 Å². The molecule has 0 aliphatic heterocycles. The normalized spacial score (nSPS) is 12.0. The van der Waals surface area contributed by atoms with E-state index in [1.165, 1.54) is 0 Å². The number of nitrogens with zero attached hydrogens (tertiary/aromatic N) is 4. The smallest absolute Gasteiger partial charge is 0.161 e. The molecule has 1 atom stereocenters. The molecule has 4 nitrogen and oxygen atoms in total. The Morgan fingerprint density at radius 3 is 2.18 bits per heavy atom. The maximum absolute atomic E-state index is 9.13. The van der Waals surface area contributed by atoms with Crippen molar-refractivity contribution < 1.29 is 0 Å². The molecule has 0 N–H and O–H groups in total. The molecule has 0 aliphatic rings. The first-order valence-corrected chi connectivity index (χ1v) is 7.11. The van der Waals surface area contributed by atoms with Crippen LogP contribution in [0.1, 0.15) is 11.6 Å². The van der Waals surface area contributed by atoms with Gasteiger partial charge in [-0.05, 0) is 35.9 Å². The Kier molecular flexibility index (Phi) is 5.49. The summed E-state index contributed by atoms with van der Waals surface area (Å²) in [5.41, 5.74) is 1.25. The molecule has 0 heterocycles. The van der Waals surface area contributed by atoms with E-state index in [1.54, 1.807) is 48.5 Å². The van der Waals surface area contributed by atoms with Crippen molar-refractivity contribution in [2.45, 2.75) is 6.04 Å². The lowest BCUT2D eigenvalue weighted by molar-refractivity contribution is 0.612. The van der Waals surface area contributed by atoms with Crippen molar-refractivity contribution in [3.8, 4) is 12.1 Å². The zero-order chi connectivity index (χ0) is 15.9. The monoisotopic (exact) mass is 328 g/mol. The van der Waals surface area contributed by atoms with Crippen LogP contribution in [-0.2, 0) is 0 Å². The van der Waals surface area contributed by atoms with Gasteiger partial charge in [-0.2, -0.15) is 20.8 Å².